The zero-order chi connectivity index (χ0) is 4.28. The van der Waals surface area contributed by atoms with Crippen LogP contribution in [0.5, 0.6) is 0 Å². The summed E-state index contributed by atoms with van der Waals surface area (Å²) in [6.07, 6.45) is 0. The zero-order valence-electron chi connectivity index (χ0n) is 3.69. The van der Waals surface area contributed by atoms with Crippen molar-refractivity contribution in [3.8, 4) is 0 Å². The minimum atomic E-state index is 0.829. The molecule has 0 saturated carbocycles. The predicted octanol–water partition coefficient (Wildman–Crippen LogP) is 1.61. The van der Waals surface area contributed by atoms with Gasteiger partial charge in [-0.2, -0.15) is 0 Å². The van der Waals surface area contributed by atoms with Crippen LogP contribution in [0.2, 0.25) is 5.28 Å². The van der Waals surface area contributed by atoms with Crippen LogP contribution in [0.1, 0.15) is 13.8 Å². The summed E-state index contributed by atoms with van der Waals surface area (Å²) >= 11 is 2.94. The van der Waals surface area contributed by atoms with Crippen molar-refractivity contribution in [1.29, 1.82) is 0 Å². The molecule has 0 amide bonds. The second kappa shape index (κ2) is 2.75. The molecule has 0 aromatic rings. The van der Waals surface area contributed by atoms with Gasteiger partial charge in [0.25, 0.3) is 0 Å². The van der Waals surface area contributed by atoms with E-state index in [1.165, 1.54) is 5.28 Å². The van der Waals surface area contributed by atoms with Crippen molar-refractivity contribution in [1.82, 2.24) is 0 Å². The van der Waals surface area contributed by atoms with Gasteiger partial charge in [-0.1, -0.05) is 0 Å². The molecule has 0 aliphatic carbocycles. The van der Waals surface area contributed by atoms with Crippen molar-refractivity contribution in [2.24, 2.45) is 5.92 Å². The van der Waals surface area contributed by atoms with Crippen LogP contribution >= 0.6 is 0 Å². The van der Waals surface area contributed by atoms with E-state index in [-0.39, 0.29) is 0 Å². The fraction of sp³-hybridized carbons (Fsp3) is 1.00. The Labute approximate surface area is 42.0 Å². The van der Waals surface area contributed by atoms with Gasteiger partial charge in [-0.25, -0.2) is 0 Å². The first-order valence-electron chi connectivity index (χ1n) is 1.85. The molecule has 0 fully saturated rings. The average molecular weight is 109 g/mol. The third kappa shape index (κ3) is 4.53. The first-order chi connectivity index (χ1) is 2.27. The number of hydrogen-bond donors (Lipinski definition) is 0. The SMILES string of the molecule is CC(C)[CH2][Cr]. The summed E-state index contributed by atoms with van der Waals surface area (Å²) in [5, 5.41) is 1.18. The van der Waals surface area contributed by atoms with E-state index < -0.39 is 0 Å². The van der Waals surface area contributed by atoms with Crippen molar-refractivity contribution < 1.29 is 16.3 Å². The molecule has 0 nitrogen and oxygen atoms in total. The van der Waals surface area contributed by atoms with Gasteiger partial charge in [-0.3, -0.25) is 0 Å². The third-order valence-electron chi connectivity index (χ3n) is 0.333. The van der Waals surface area contributed by atoms with Gasteiger partial charge in [-0.15, -0.1) is 0 Å². The van der Waals surface area contributed by atoms with E-state index in [1.54, 1.807) is 0 Å². The molecule has 0 unspecified atom stereocenters. The molecular formula is C4H9Cr. The second-order valence-electron chi connectivity index (χ2n) is 1.56. The Morgan fingerprint density at radius 3 is 1.80 bits per heavy atom. The molecule has 0 aromatic heterocycles. The van der Waals surface area contributed by atoms with Crippen molar-refractivity contribution in [3.63, 3.8) is 0 Å². The van der Waals surface area contributed by atoms with Crippen LogP contribution in [0.15, 0.2) is 0 Å². The monoisotopic (exact) mass is 109 g/mol. The van der Waals surface area contributed by atoms with E-state index in [0.717, 1.165) is 5.92 Å². The van der Waals surface area contributed by atoms with Gasteiger partial charge in [0.15, 0.2) is 0 Å². The van der Waals surface area contributed by atoms with Crippen molar-refractivity contribution in [2.75, 3.05) is 0 Å². The maximum absolute atomic E-state index is 2.94. The van der Waals surface area contributed by atoms with Gasteiger partial charge in [0, 0.05) is 0 Å². The Balaban J connectivity index is 2.54. The molecule has 0 bridgehead atoms. The number of rotatable bonds is 1. The Morgan fingerprint density at radius 1 is 1.60 bits per heavy atom. The van der Waals surface area contributed by atoms with Crippen LogP contribution in [0.3, 0.4) is 0 Å². The van der Waals surface area contributed by atoms with E-state index in [4.69, 9.17) is 0 Å². The van der Waals surface area contributed by atoms with Gasteiger partial charge in [0.1, 0.15) is 0 Å². The summed E-state index contributed by atoms with van der Waals surface area (Å²) in [5.74, 6) is 0.829. The van der Waals surface area contributed by atoms with Crippen molar-refractivity contribution in [3.05, 3.63) is 0 Å². The van der Waals surface area contributed by atoms with Crippen molar-refractivity contribution >= 4 is 0 Å². The standard InChI is InChI=1S/C4H9.Cr/c1-4(2)3;/h4H,1H2,2-3H3;. The molecule has 0 aromatic carbocycles. The molecular weight excluding hydrogens is 100 g/mol. The van der Waals surface area contributed by atoms with Crippen molar-refractivity contribution in [2.45, 2.75) is 19.1 Å². The normalized spacial score (nSPS) is 9.40. The molecule has 0 N–H and O–H groups in total. The topological polar surface area (TPSA) is 0 Å². The van der Waals surface area contributed by atoms with Crippen LogP contribution in [0.4, 0.5) is 0 Å². The third-order valence-corrected chi connectivity index (χ3v) is 1.37. The fourth-order valence-corrected chi connectivity index (χ4v) is 0. The van der Waals surface area contributed by atoms with Gasteiger partial charge < -0.3 is 0 Å². The van der Waals surface area contributed by atoms with Crippen LogP contribution in [0.25, 0.3) is 0 Å². The molecule has 0 heterocycles. The Morgan fingerprint density at radius 2 is 1.80 bits per heavy atom. The quantitative estimate of drug-likeness (QED) is 0.480. The zero-order valence-corrected chi connectivity index (χ0v) is 4.97. The van der Waals surface area contributed by atoms with Gasteiger partial charge >= 0.3 is 41.3 Å². The number of hydrogen-bond acceptors (Lipinski definition) is 0. The Hall–Kier alpha value is 0.532. The average Bonchev–Trinajstić information content (AvgIpc) is 1.38. The summed E-state index contributed by atoms with van der Waals surface area (Å²) in [6.45, 7) is 4.38. The van der Waals surface area contributed by atoms with E-state index in [2.05, 4.69) is 30.1 Å². The second-order valence-corrected chi connectivity index (χ2v) is 2.08. The molecule has 1 heteroatoms. The Kier molecular flexibility index (Phi) is 3.05. The van der Waals surface area contributed by atoms with Gasteiger partial charge in [-0.05, 0) is 0 Å². The molecule has 0 spiro atoms. The maximum atomic E-state index is 2.94. The van der Waals surface area contributed by atoms with Crippen LogP contribution < -0.4 is 0 Å². The van der Waals surface area contributed by atoms with Crippen LogP contribution in [-0.2, 0) is 16.3 Å². The fourth-order valence-electron chi connectivity index (χ4n) is 0. The van der Waals surface area contributed by atoms with E-state index in [1.807, 2.05) is 0 Å². The molecule has 0 saturated heterocycles. The summed E-state index contributed by atoms with van der Waals surface area (Å²) in [5.41, 5.74) is 0. The van der Waals surface area contributed by atoms with Gasteiger partial charge in [0.2, 0.25) is 0 Å². The van der Waals surface area contributed by atoms with Gasteiger partial charge in [0.05, 0.1) is 0 Å². The molecule has 0 atom stereocenters. The Bertz CT molecular complexity index is 17.6. The first kappa shape index (κ1) is 5.53. The van der Waals surface area contributed by atoms with Crippen LogP contribution in [0, 0.1) is 5.92 Å². The van der Waals surface area contributed by atoms with E-state index in [9.17, 15) is 0 Å². The first-order valence-corrected chi connectivity index (χ1v) is 2.75. The summed E-state index contributed by atoms with van der Waals surface area (Å²) < 4.78 is 0. The molecule has 0 rings (SSSR count). The predicted molar refractivity (Wildman–Crippen MR) is 19.6 cm³/mol. The molecule has 5 heavy (non-hydrogen) atoms. The summed E-state index contributed by atoms with van der Waals surface area (Å²) in [7, 11) is 0. The molecule has 0 radical (unpaired) electrons. The summed E-state index contributed by atoms with van der Waals surface area (Å²) in [4.78, 5) is 0. The summed E-state index contributed by atoms with van der Waals surface area (Å²) in [6, 6.07) is 0. The van der Waals surface area contributed by atoms with E-state index >= 15 is 0 Å². The molecule has 31 valence electrons. The molecule has 0 aliphatic rings. The molecule has 0 aliphatic heterocycles. The van der Waals surface area contributed by atoms with E-state index in [0.29, 0.717) is 0 Å². The van der Waals surface area contributed by atoms with Crippen LogP contribution in [-0.4, -0.2) is 0 Å². The minimum absolute atomic E-state index is 0.829.